The molecule has 222 valence electrons. The summed E-state index contributed by atoms with van der Waals surface area (Å²) in [6.07, 6.45) is 7.50. The van der Waals surface area contributed by atoms with E-state index in [1.165, 1.54) is 31.6 Å². The predicted octanol–water partition coefficient (Wildman–Crippen LogP) is 3.19. The van der Waals surface area contributed by atoms with Crippen LogP contribution in [0, 0.1) is 0 Å². The molecule has 42 heavy (non-hydrogen) atoms. The molecule has 0 spiro atoms. The zero-order valence-electron chi connectivity index (χ0n) is 24.3. The average molecular weight is 572 g/mol. The van der Waals surface area contributed by atoms with Gasteiger partial charge in [-0.2, -0.15) is 0 Å². The Morgan fingerprint density at radius 3 is 2.24 bits per heavy atom. The number of anilines is 4. The summed E-state index contributed by atoms with van der Waals surface area (Å²) in [4.78, 5) is 33.8. The number of likely N-dealkylation sites (N-methyl/N-ethyl adjacent to an activating group) is 1. The Balaban J connectivity index is 1.18. The van der Waals surface area contributed by atoms with Crippen molar-refractivity contribution in [2.45, 2.75) is 37.8 Å². The minimum atomic E-state index is -0.641. The van der Waals surface area contributed by atoms with Gasteiger partial charge in [0.1, 0.15) is 5.69 Å². The van der Waals surface area contributed by atoms with Crippen LogP contribution in [0.3, 0.4) is 0 Å². The van der Waals surface area contributed by atoms with Crippen molar-refractivity contribution in [1.82, 2.24) is 24.8 Å². The molecule has 1 aromatic carbocycles. The number of ether oxygens (including phenoxy) is 1. The Morgan fingerprint density at radius 1 is 0.881 bits per heavy atom. The maximum absolute atomic E-state index is 12.5. The molecule has 3 aliphatic rings. The number of benzene rings is 1. The Hall–Kier alpha value is -3.80. The molecule has 0 atom stereocenters. The first kappa shape index (κ1) is 28.3. The fourth-order valence-corrected chi connectivity index (χ4v) is 6.11. The van der Waals surface area contributed by atoms with Crippen LogP contribution in [0.4, 0.5) is 23.0 Å². The summed E-state index contributed by atoms with van der Waals surface area (Å²) in [5.74, 6) is 0.286. The van der Waals surface area contributed by atoms with Crippen LogP contribution in [0.2, 0.25) is 0 Å². The highest BCUT2D eigenvalue weighted by molar-refractivity contribution is 5.97. The lowest BCUT2D eigenvalue weighted by Gasteiger charge is -2.42. The summed E-state index contributed by atoms with van der Waals surface area (Å²) < 4.78 is 5.53. The van der Waals surface area contributed by atoms with Gasteiger partial charge >= 0.3 is 0 Å². The molecule has 1 amide bonds. The maximum atomic E-state index is 12.5. The number of hydrogen-bond donors (Lipinski definition) is 3. The van der Waals surface area contributed by atoms with Gasteiger partial charge in [-0.3, -0.25) is 14.7 Å². The third kappa shape index (κ3) is 6.64. The minimum absolute atomic E-state index is 0.0920. The molecule has 2 aromatic heterocycles. The number of pyridine rings is 1. The first-order chi connectivity index (χ1) is 20.5. The van der Waals surface area contributed by atoms with Crippen LogP contribution in [-0.4, -0.2) is 102 Å². The third-order valence-corrected chi connectivity index (χ3v) is 8.66. The summed E-state index contributed by atoms with van der Waals surface area (Å²) >= 11 is 0. The van der Waals surface area contributed by atoms with E-state index in [-0.39, 0.29) is 11.7 Å². The van der Waals surface area contributed by atoms with E-state index in [1.54, 1.807) is 12.4 Å². The van der Waals surface area contributed by atoms with Gasteiger partial charge in [-0.1, -0.05) is 0 Å². The number of piperazine rings is 1. The zero-order valence-corrected chi connectivity index (χ0v) is 24.3. The minimum Gasteiger partial charge on any atom is -0.381 e. The van der Waals surface area contributed by atoms with E-state index in [2.05, 4.69) is 49.5 Å². The summed E-state index contributed by atoms with van der Waals surface area (Å²) in [6.45, 7) is 8.17. The quantitative estimate of drug-likeness (QED) is 0.371. The van der Waals surface area contributed by atoms with E-state index < -0.39 is 5.91 Å². The van der Waals surface area contributed by atoms with Gasteiger partial charge in [0.2, 0.25) is 0 Å². The fourth-order valence-electron chi connectivity index (χ4n) is 6.11. The molecule has 3 aromatic rings. The van der Waals surface area contributed by atoms with Crippen LogP contribution in [0.25, 0.3) is 11.3 Å². The van der Waals surface area contributed by atoms with Gasteiger partial charge in [0.25, 0.3) is 5.91 Å². The number of carbonyl (C=O) groups is 1. The monoisotopic (exact) mass is 571 g/mol. The highest BCUT2D eigenvalue weighted by Crippen LogP contribution is 2.31. The molecule has 3 aliphatic heterocycles. The average Bonchev–Trinajstić information content (AvgIpc) is 3.03. The van der Waals surface area contributed by atoms with Crippen molar-refractivity contribution in [1.29, 1.82) is 0 Å². The van der Waals surface area contributed by atoms with Gasteiger partial charge in [0.05, 0.1) is 0 Å². The van der Waals surface area contributed by atoms with Gasteiger partial charge in [0, 0.05) is 93.9 Å². The molecule has 0 unspecified atom stereocenters. The lowest BCUT2D eigenvalue weighted by Crippen LogP contribution is -2.52. The van der Waals surface area contributed by atoms with Crippen LogP contribution in [-0.2, 0) is 4.74 Å². The summed E-state index contributed by atoms with van der Waals surface area (Å²) in [7, 11) is 2.21. The summed E-state index contributed by atoms with van der Waals surface area (Å²) in [5.41, 5.74) is 9.29. The van der Waals surface area contributed by atoms with Gasteiger partial charge in [-0.25, -0.2) is 9.97 Å². The first-order valence-corrected chi connectivity index (χ1v) is 15.0. The molecule has 5 heterocycles. The van der Waals surface area contributed by atoms with Crippen molar-refractivity contribution in [3.8, 4) is 11.3 Å². The second-order valence-electron chi connectivity index (χ2n) is 11.5. The van der Waals surface area contributed by atoms with Crippen molar-refractivity contribution in [3.63, 3.8) is 0 Å². The van der Waals surface area contributed by atoms with Crippen molar-refractivity contribution >= 4 is 28.9 Å². The number of nitrogens with zero attached hydrogens (tertiary/aromatic N) is 6. The molecule has 6 rings (SSSR count). The molecule has 11 nitrogen and oxygen atoms in total. The number of rotatable bonds is 8. The smallest absolute Gasteiger partial charge is 0.271 e. The first-order valence-electron chi connectivity index (χ1n) is 15.0. The van der Waals surface area contributed by atoms with Crippen LogP contribution in [0.1, 0.15) is 36.2 Å². The number of nitrogens with two attached hydrogens (primary N) is 1. The predicted molar refractivity (Wildman–Crippen MR) is 165 cm³/mol. The molecule has 11 heteroatoms. The second kappa shape index (κ2) is 13.0. The lowest BCUT2D eigenvalue weighted by molar-refractivity contribution is 0.0904. The molecular formula is C31H41N9O2. The largest absolute Gasteiger partial charge is 0.381 e. The van der Waals surface area contributed by atoms with Crippen LogP contribution < -0.4 is 21.3 Å². The molecule has 3 saturated heterocycles. The molecule has 4 N–H and O–H groups in total. The molecule has 3 fully saturated rings. The van der Waals surface area contributed by atoms with Gasteiger partial charge in [0.15, 0.2) is 17.3 Å². The van der Waals surface area contributed by atoms with E-state index >= 15 is 0 Å². The summed E-state index contributed by atoms with van der Waals surface area (Å²) in [5, 5.41) is 6.86. The van der Waals surface area contributed by atoms with E-state index in [1.807, 2.05) is 24.3 Å². The van der Waals surface area contributed by atoms with E-state index in [4.69, 9.17) is 20.4 Å². The number of hydrogen-bond acceptors (Lipinski definition) is 10. The Labute approximate surface area is 247 Å². The maximum Gasteiger partial charge on any atom is 0.271 e. The van der Waals surface area contributed by atoms with Crippen molar-refractivity contribution in [2.75, 3.05) is 75.1 Å². The third-order valence-electron chi connectivity index (χ3n) is 8.66. The fraction of sp³-hybridized carbons (Fsp3) is 0.484. The highest BCUT2D eigenvalue weighted by atomic mass is 16.5. The molecule has 0 aliphatic carbocycles. The molecule has 0 radical (unpaired) electrons. The van der Waals surface area contributed by atoms with Crippen molar-refractivity contribution < 1.29 is 9.53 Å². The molecular weight excluding hydrogens is 530 g/mol. The topological polar surface area (TPSA) is 125 Å². The number of aromatic nitrogens is 3. The number of amides is 1. The Morgan fingerprint density at radius 2 is 1.57 bits per heavy atom. The van der Waals surface area contributed by atoms with Crippen molar-refractivity contribution in [2.24, 2.45) is 5.73 Å². The van der Waals surface area contributed by atoms with E-state index in [9.17, 15) is 4.79 Å². The molecule has 0 bridgehead atoms. The van der Waals surface area contributed by atoms with Crippen LogP contribution in [0.15, 0.2) is 48.8 Å². The van der Waals surface area contributed by atoms with E-state index in [0.717, 1.165) is 50.3 Å². The standard InChI is InChI=1S/C31H41N9O2/c1-38-16-18-40(19-17-38)26-8-14-39(15-9-26)25-4-2-23(3-5-25)34-31-28(29(32)41)36-27(22-6-12-33-13-7-22)30(37-31)35-24-10-20-42-21-11-24/h2-7,12-13,24,26H,8-11,14-21H2,1H3,(H2,32,41)(H2,34,35,37). The number of piperidine rings is 1. The normalized spacial score (nSPS) is 19.5. The van der Waals surface area contributed by atoms with Crippen LogP contribution in [0.5, 0.6) is 0 Å². The summed E-state index contributed by atoms with van der Waals surface area (Å²) in [6, 6.07) is 12.9. The number of primary amides is 1. The zero-order chi connectivity index (χ0) is 28.9. The van der Waals surface area contributed by atoms with Crippen LogP contribution >= 0.6 is 0 Å². The Bertz CT molecular complexity index is 1330. The Kier molecular flexibility index (Phi) is 8.78. The molecule has 0 saturated carbocycles. The van der Waals surface area contributed by atoms with Crippen molar-refractivity contribution in [3.05, 3.63) is 54.5 Å². The highest BCUT2D eigenvalue weighted by Gasteiger charge is 2.27. The van der Waals surface area contributed by atoms with E-state index in [0.29, 0.717) is 36.6 Å². The SMILES string of the molecule is CN1CCN(C2CCN(c3ccc(Nc4nc(NC5CCOCC5)c(-c5ccncc5)nc4C(N)=O)cc3)CC2)CC1. The van der Waals surface area contributed by atoms with Gasteiger partial charge in [-0.05, 0) is 69.1 Å². The van der Waals surface area contributed by atoms with Gasteiger partial charge < -0.3 is 30.9 Å². The lowest BCUT2D eigenvalue weighted by atomic mass is 10.0. The number of carbonyl (C=O) groups excluding carboxylic acids is 1. The number of nitrogens with one attached hydrogen (secondary N) is 2. The second-order valence-corrected chi connectivity index (χ2v) is 11.5. The van der Waals surface area contributed by atoms with Gasteiger partial charge in [-0.15, -0.1) is 0 Å².